The summed E-state index contributed by atoms with van der Waals surface area (Å²) < 4.78 is 1.08. The lowest BCUT2D eigenvalue weighted by molar-refractivity contribution is 0.786. The maximum absolute atomic E-state index is 5.91. The van der Waals surface area contributed by atoms with Crippen LogP contribution >= 0.6 is 15.9 Å². The number of halogens is 1. The molecule has 0 aliphatic carbocycles. The fourth-order valence-electron chi connectivity index (χ4n) is 2.14. The van der Waals surface area contributed by atoms with E-state index in [4.69, 9.17) is 5.73 Å². The molecule has 106 valence electrons. The number of rotatable bonds is 5. The third-order valence-corrected chi connectivity index (χ3v) is 3.95. The molecule has 0 radical (unpaired) electrons. The lowest BCUT2D eigenvalue weighted by Crippen LogP contribution is -2.20. The van der Waals surface area contributed by atoms with Gasteiger partial charge >= 0.3 is 0 Å². The highest BCUT2D eigenvalue weighted by atomic mass is 79.9. The van der Waals surface area contributed by atoms with E-state index in [1.807, 2.05) is 12.1 Å². The van der Waals surface area contributed by atoms with Crippen LogP contribution in [0.3, 0.4) is 0 Å². The molecule has 0 aliphatic heterocycles. The van der Waals surface area contributed by atoms with Crippen LogP contribution in [0.15, 0.2) is 53.0 Å². The van der Waals surface area contributed by atoms with Gasteiger partial charge < -0.3 is 11.1 Å². The van der Waals surface area contributed by atoms with Gasteiger partial charge in [-0.05, 0) is 41.3 Å². The van der Waals surface area contributed by atoms with Crippen molar-refractivity contribution in [1.82, 2.24) is 0 Å². The monoisotopic (exact) mass is 332 g/mol. The number of benzene rings is 2. The summed E-state index contributed by atoms with van der Waals surface area (Å²) in [6.45, 7) is 4.97. The average molecular weight is 333 g/mol. The molecule has 0 bridgehead atoms. The minimum atomic E-state index is 0.136. The van der Waals surface area contributed by atoms with Gasteiger partial charge in [0.1, 0.15) is 0 Å². The van der Waals surface area contributed by atoms with E-state index in [1.54, 1.807) is 0 Å². The van der Waals surface area contributed by atoms with Crippen LogP contribution in [0, 0.1) is 0 Å². The van der Waals surface area contributed by atoms with Crippen LogP contribution < -0.4 is 11.1 Å². The van der Waals surface area contributed by atoms with Gasteiger partial charge in [0.15, 0.2) is 0 Å². The largest absolute Gasteiger partial charge is 0.377 e. The average Bonchev–Trinajstić information content (AvgIpc) is 2.47. The summed E-state index contributed by atoms with van der Waals surface area (Å²) in [4.78, 5) is 0. The molecule has 0 aliphatic rings. The highest BCUT2D eigenvalue weighted by Gasteiger charge is 2.10. The zero-order valence-electron chi connectivity index (χ0n) is 11.9. The Morgan fingerprint density at radius 2 is 1.50 bits per heavy atom. The van der Waals surface area contributed by atoms with Gasteiger partial charge in [-0.2, -0.15) is 0 Å². The fourth-order valence-corrected chi connectivity index (χ4v) is 2.40. The van der Waals surface area contributed by atoms with Crippen molar-refractivity contribution in [2.75, 3.05) is 11.9 Å². The summed E-state index contributed by atoms with van der Waals surface area (Å²) in [6, 6.07) is 17.0. The molecule has 3 heteroatoms. The lowest BCUT2D eigenvalue weighted by atomic mass is 9.99. The molecule has 0 spiro atoms. The van der Waals surface area contributed by atoms with Crippen molar-refractivity contribution in [1.29, 1.82) is 0 Å². The van der Waals surface area contributed by atoms with Gasteiger partial charge in [-0.1, -0.05) is 54.0 Å². The lowest BCUT2D eigenvalue weighted by Gasteiger charge is -2.19. The SMILES string of the molecule is CC(C)c1ccc(C(CN)Nc2ccc(Br)cc2)cc1. The molecule has 2 rings (SSSR count). The molecule has 2 nitrogen and oxygen atoms in total. The van der Waals surface area contributed by atoms with E-state index < -0.39 is 0 Å². The second-order valence-corrected chi connectivity index (χ2v) is 6.18. The maximum Gasteiger partial charge on any atom is 0.0636 e. The van der Waals surface area contributed by atoms with Gasteiger partial charge in [0.05, 0.1) is 6.04 Å². The molecule has 2 aromatic carbocycles. The summed E-state index contributed by atoms with van der Waals surface area (Å²) in [5.41, 5.74) is 9.57. The number of hydrogen-bond donors (Lipinski definition) is 2. The van der Waals surface area contributed by atoms with E-state index in [0.717, 1.165) is 10.2 Å². The zero-order valence-corrected chi connectivity index (χ0v) is 13.5. The van der Waals surface area contributed by atoms with E-state index in [1.165, 1.54) is 11.1 Å². The van der Waals surface area contributed by atoms with Crippen LogP contribution in [0.25, 0.3) is 0 Å². The Morgan fingerprint density at radius 1 is 0.950 bits per heavy atom. The van der Waals surface area contributed by atoms with Crippen molar-refractivity contribution in [3.63, 3.8) is 0 Å². The number of nitrogens with one attached hydrogen (secondary N) is 1. The van der Waals surface area contributed by atoms with Gasteiger partial charge in [-0.25, -0.2) is 0 Å². The first-order valence-electron chi connectivity index (χ1n) is 6.92. The van der Waals surface area contributed by atoms with E-state index >= 15 is 0 Å². The first kappa shape index (κ1) is 15.1. The molecular weight excluding hydrogens is 312 g/mol. The topological polar surface area (TPSA) is 38.0 Å². The molecule has 0 saturated heterocycles. The molecule has 1 atom stereocenters. The normalized spacial score (nSPS) is 12.4. The minimum absolute atomic E-state index is 0.136. The smallest absolute Gasteiger partial charge is 0.0636 e. The molecule has 0 aromatic heterocycles. The second kappa shape index (κ2) is 6.91. The van der Waals surface area contributed by atoms with Gasteiger partial charge in [0.2, 0.25) is 0 Å². The number of anilines is 1. The summed E-state index contributed by atoms with van der Waals surface area (Å²) in [5, 5.41) is 3.48. The number of nitrogens with two attached hydrogens (primary N) is 1. The van der Waals surface area contributed by atoms with E-state index in [-0.39, 0.29) is 6.04 Å². The quantitative estimate of drug-likeness (QED) is 0.833. The Morgan fingerprint density at radius 3 is 2.00 bits per heavy atom. The molecule has 2 aromatic rings. The highest BCUT2D eigenvalue weighted by molar-refractivity contribution is 9.10. The van der Waals surface area contributed by atoms with Crippen molar-refractivity contribution < 1.29 is 0 Å². The van der Waals surface area contributed by atoms with Crippen molar-refractivity contribution in [3.05, 3.63) is 64.1 Å². The maximum atomic E-state index is 5.91. The van der Waals surface area contributed by atoms with Crippen molar-refractivity contribution in [2.45, 2.75) is 25.8 Å². The first-order valence-corrected chi connectivity index (χ1v) is 7.71. The standard InChI is InChI=1S/C17H21BrN2/c1-12(2)13-3-5-14(6-4-13)17(11-19)20-16-9-7-15(18)8-10-16/h3-10,12,17,20H,11,19H2,1-2H3. The second-order valence-electron chi connectivity index (χ2n) is 5.26. The van der Waals surface area contributed by atoms with Crippen LogP contribution in [-0.4, -0.2) is 6.54 Å². The molecule has 20 heavy (non-hydrogen) atoms. The van der Waals surface area contributed by atoms with E-state index in [9.17, 15) is 0 Å². The Balaban J connectivity index is 2.13. The molecule has 0 heterocycles. The third kappa shape index (κ3) is 3.84. The minimum Gasteiger partial charge on any atom is -0.377 e. The van der Waals surface area contributed by atoms with E-state index in [2.05, 4.69) is 71.5 Å². The van der Waals surface area contributed by atoms with Crippen molar-refractivity contribution in [3.8, 4) is 0 Å². The van der Waals surface area contributed by atoms with E-state index in [0.29, 0.717) is 12.5 Å². The summed E-state index contributed by atoms with van der Waals surface area (Å²) >= 11 is 3.44. The van der Waals surface area contributed by atoms with Crippen LogP contribution in [0.1, 0.15) is 36.9 Å². The predicted octanol–water partition coefficient (Wildman–Crippen LogP) is 4.68. The Hall–Kier alpha value is -1.32. The number of hydrogen-bond acceptors (Lipinski definition) is 2. The zero-order chi connectivity index (χ0) is 14.5. The highest BCUT2D eigenvalue weighted by Crippen LogP contribution is 2.22. The molecule has 0 saturated carbocycles. The van der Waals surface area contributed by atoms with Crippen LogP contribution in [-0.2, 0) is 0 Å². The summed E-state index contributed by atoms with van der Waals surface area (Å²) in [6.07, 6.45) is 0. The van der Waals surface area contributed by atoms with Crippen LogP contribution in [0.5, 0.6) is 0 Å². The van der Waals surface area contributed by atoms with Crippen LogP contribution in [0.2, 0.25) is 0 Å². The predicted molar refractivity (Wildman–Crippen MR) is 90.1 cm³/mol. The van der Waals surface area contributed by atoms with Gasteiger partial charge in [0, 0.05) is 16.7 Å². The Kier molecular flexibility index (Phi) is 5.21. The van der Waals surface area contributed by atoms with Gasteiger partial charge in [0.25, 0.3) is 0 Å². The first-order chi connectivity index (χ1) is 9.60. The van der Waals surface area contributed by atoms with Crippen LogP contribution in [0.4, 0.5) is 5.69 Å². The molecule has 0 fully saturated rings. The fraction of sp³-hybridized carbons (Fsp3) is 0.294. The van der Waals surface area contributed by atoms with Crippen molar-refractivity contribution in [2.24, 2.45) is 5.73 Å². The van der Waals surface area contributed by atoms with Crippen molar-refractivity contribution >= 4 is 21.6 Å². The summed E-state index contributed by atoms with van der Waals surface area (Å²) in [7, 11) is 0. The summed E-state index contributed by atoms with van der Waals surface area (Å²) in [5.74, 6) is 0.555. The molecule has 3 N–H and O–H groups in total. The Labute approximate surface area is 129 Å². The van der Waals surface area contributed by atoms with Gasteiger partial charge in [-0.15, -0.1) is 0 Å². The molecular formula is C17H21BrN2. The van der Waals surface area contributed by atoms with Gasteiger partial charge in [-0.3, -0.25) is 0 Å². The molecule has 0 amide bonds. The molecule has 1 unspecified atom stereocenters. The third-order valence-electron chi connectivity index (χ3n) is 3.43. The Bertz CT molecular complexity index is 532.